The van der Waals surface area contributed by atoms with E-state index in [0.29, 0.717) is 5.92 Å². The Kier molecular flexibility index (Phi) is 4.98. The Labute approximate surface area is 76.4 Å². The van der Waals surface area contributed by atoms with Gasteiger partial charge in [-0.3, -0.25) is 0 Å². The molecule has 2 N–H and O–H groups in total. The van der Waals surface area contributed by atoms with Gasteiger partial charge in [0.1, 0.15) is 0 Å². The van der Waals surface area contributed by atoms with Gasteiger partial charge in [-0.2, -0.15) is 0 Å². The lowest BCUT2D eigenvalue weighted by molar-refractivity contribution is 0.354. The van der Waals surface area contributed by atoms with E-state index in [2.05, 4.69) is 27.0 Å². The summed E-state index contributed by atoms with van der Waals surface area (Å²) in [5.74, 6) is 0.659. The average Bonchev–Trinajstić information content (AvgIpc) is 2.02. The molecule has 0 amide bonds. The molecule has 12 heavy (non-hydrogen) atoms. The van der Waals surface area contributed by atoms with E-state index in [1.54, 1.807) is 0 Å². The molecule has 0 radical (unpaired) electrons. The molecule has 0 heterocycles. The Morgan fingerprint density at radius 1 is 1.50 bits per heavy atom. The van der Waals surface area contributed by atoms with Crippen molar-refractivity contribution in [1.82, 2.24) is 4.90 Å². The highest BCUT2D eigenvalue weighted by molar-refractivity contribution is 5.01. The minimum absolute atomic E-state index is 0.101. The standard InChI is InChI=1S/C10H22N2/c1-6-8(2)9(3)7-12(5)10(4)11/h7-8,10H,6,11H2,1-5H3/b9-7+. The van der Waals surface area contributed by atoms with Crippen LogP contribution in [-0.2, 0) is 0 Å². The maximum absolute atomic E-state index is 5.71. The smallest absolute Gasteiger partial charge is 0.0733 e. The first kappa shape index (κ1) is 11.5. The Hall–Kier alpha value is -0.500. The molecule has 2 nitrogen and oxygen atoms in total. The molecule has 0 spiro atoms. The van der Waals surface area contributed by atoms with Gasteiger partial charge in [0.2, 0.25) is 0 Å². The summed E-state index contributed by atoms with van der Waals surface area (Å²) >= 11 is 0. The first-order valence-electron chi connectivity index (χ1n) is 4.64. The molecular formula is C10H22N2. The van der Waals surface area contributed by atoms with Crippen molar-refractivity contribution in [2.45, 2.75) is 40.3 Å². The van der Waals surface area contributed by atoms with Crippen molar-refractivity contribution in [3.63, 3.8) is 0 Å². The number of nitrogens with zero attached hydrogens (tertiary/aromatic N) is 1. The number of hydrogen-bond donors (Lipinski definition) is 1. The Balaban J connectivity index is 4.14. The summed E-state index contributed by atoms with van der Waals surface area (Å²) in [6.45, 7) is 8.59. The van der Waals surface area contributed by atoms with Crippen molar-refractivity contribution in [1.29, 1.82) is 0 Å². The first-order valence-corrected chi connectivity index (χ1v) is 4.64. The molecule has 0 aliphatic heterocycles. The van der Waals surface area contributed by atoms with Crippen LogP contribution in [0, 0.1) is 5.92 Å². The fraction of sp³-hybridized carbons (Fsp3) is 0.800. The fourth-order valence-electron chi connectivity index (χ4n) is 0.888. The van der Waals surface area contributed by atoms with Crippen LogP contribution in [0.25, 0.3) is 0 Å². The minimum atomic E-state index is 0.101. The second-order valence-electron chi connectivity index (χ2n) is 3.59. The van der Waals surface area contributed by atoms with Crippen molar-refractivity contribution < 1.29 is 0 Å². The molecule has 0 aliphatic rings. The Morgan fingerprint density at radius 3 is 2.33 bits per heavy atom. The van der Waals surface area contributed by atoms with Gasteiger partial charge in [0.25, 0.3) is 0 Å². The molecule has 0 bridgehead atoms. The monoisotopic (exact) mass is 170 g/mol. The molecule has 0 aromatic heterocycles. The average molecular weight is 170 g/mol. The van der Waals surface area contributed by atoms with E-state index in [4.69, 9.17) is 5.73 Å². The van der Waals surface area contributed by atoms with E-state index < -0.39 is 0 Å². The maximum Gasteiger partial charge on any atom is 0.0733 e. The summed E-state index contributed by atoms with van der Waals surface area (Å²) in [5, 5.41) is 0. The maximum atomic E-state index is 5.71. The lowest BCUT2D eigenvalue weighted by Gasteiger charge is -2.21. The van der Waals surface area contributed by atoms with Crippen LogP contribution in [0.2, 0.25) is 0 Å². The van der Waals surface area contributed by atoms with Gasteiger partial charge in [0.05, 0.1) is 6.17 Å². The lowest BCUT2D eigenvalue weighted by Crippen LogP contribution is -2.32. The summed E-state index contributed by atoms with van der Waals surface area (Å²) in [7, 11) is 2.01. The van der Waals surface area contributed by atoms with E-state index in [1.807, 2.05) is 18.9 Å². The predicted molar refractivity (Wildman–Crippen MR) is 54.6 cm³/mol. The van der Waals surface area contributed by atoms with Crippen molar-refractivity contribution in [2.75, 3.05) is 7.05 Å². The molecule has 0 rings (SSSR count). The molecule has 2 unspecified atom stereocenters. The number of rotatable bonds is 4. The quantitative estimate of drug-likeness (QED) is 0.655. The van der Waals surface area contributed by atoms with Crippen LogP contribution >= 0.6 is 0 Å². The zero-order valence-electron chi connectivity index (χ0n) is 8.96. The molecule has 0 aromatic rings. The third kappa shape index (κ3) is 3.77. The highest BCUT2D eigenvalue weighted by atomic mass is 15.2. The molecule has 2 heteroatoms. The highest BCUT2D eigenvalue weighted by Gasteiger charge is 2.03. The van der Waals surface area contributed by atoms with Crippen molar-refractivity contribution in [3.8, 4) is 0 Å². The van der Waals surface area contributed by atoms with E-state index in [1.165, 1.54) is 12.0 Å². The SMILES string of the molecule is CCC(C)/C(C)=C/N(C)C(C)N. The van der Waals surface area contributed by atoms with Gasteiger partial charge >= 0.3 is 0 Å². The van der Waals surface area contributed by atoms with Crippen LogP contribution in [0.15, 0.2) is 11.8 Å². The van der Waals surface area contributed by atoms with Crippen molar-refractivity contribution >= 4 is 0 Å². The normalized spacial score (nSPS) is 17.3. The summed E-state index contributed by atoms with van der Waals surface area (Å²) in [6.07, 6.45) is 3.43. The summed E-state index contributed by atoms with van der Waals surface area (Å²) in [4.78, 5) is 2.04. The largest absolute Gasteiger partial charge is 0.366 e. The minimum Gasteiger partial charge on any atom is -0.366 e. The van der Waals surface area contributed by atoms with Gasteiger partial charge in [-0.25, -0.2) is 0 Å². The van der Waals surface area contributed by atoms with Crippen LogP contribution in [-0.4, -0.2) is 18.1 Å². The molecule has 0 saturated heterocycles. The molecule has 0 saturated carbocycles. The topological polar surface area (TPSA) is 29.3 Å². The van der Waals surface area contributed by atoms with E-state index in [9.17, 15) is 0 Å². The molecule has 0 aromatic carbocycles. The number of hydrogen-bond acceptors (Lipinski definition) is 2. The van der Waals surface area contributed by atoms with Gasteiger partial charge in [-0.15, -0.1) is 0 Å². The van der Waals surface area contributed by atoms with E-state index in [0.717, 1.165) is 0 Å². The van der Waals surface area contributed by atoms with Crippen LogP contribution < -0.4 is 5.73 Å². The third-order valence-corrected chi connectivity index (χ3v) is 2.44. The zero-order chi connectivity index (χ0) is 9.72. The van der Waals surface area contributed by atoms with E-state index >= 15 is 0 Å². The van der Waals surface area contributed by atoms with E-state index in [-0.39, 0.29) is 6.17 Å². The second-order valence-corrected chi connectivity index (χ2v) is 3.59. The lowest BCUT2D eigenvalue weighted by atomic mass is 10.0. The Bertz CT molecular complexity index is 150. The Morgan fingerprint density at radius 2 is 2.00 bits per heavy atom. The molecule has 0 aliphatic carbocycles. The van der Waals surface area contributed by atoms with Gasteiger partial charge in [0.15, 0.2) is 0 Å². The van der Waals surface area contributed by atoms with Gasteiger partial charge in [0, 0.05) is 7.05 Å². The van der Waals surface area contributed by atoms with Gasteiger partial charge < -0.3 is 10.6 Å². The molecule has 72 valence electrons. The number of nitrogens with two attached hydrogens (primary N) is 1. The zero-order valence-corrected chi connectivity index (χ0v) is 8.96. The van der Waals surface area contributed by atoms with Crippen LogP contribution in [0.5, 0.6) is 0 Å². The predicted octanol–water partition coefficient (Wildman–Crippen LogP) is 2.17. The van der Waals surface area contributed by atoms with Gasteiger partial charge in [-0.05, 0) is 32.4 Å². The van der Waals surface area contributed by atoms with Crippen LogP contribution in [0.1, 0.15) is 34.1 Å². The summed E-state index contributed by atoms with van der Waals surface area (Å²) in [6, 6.07) is 0. The second kappa shape index (κ2) is 5.20. The summed E-state index contributed by atoms with van der Waals surface area (Å²) < 4.78 is 0. The van der Waals surface area contributed by atoms with Gasteiger partial charge in [-0.1, -0.05) is 19.4 Å². The highest BCUT2D eigenvalue weighted by Crippen LogP contribution is 2.13. The van der Waals surface area contributed by atoms with Crippen LogP contribution in [0.3, 0.4) is 0 Å². The van der Waals surface area contributed by atoms with Crippen molar-refractivity contribution in [2.24, 2.45) is 11.7 Å². The molecule has 0 fully saturated rings. The number of allylic oxidation sites excluding steroid dienone is 1. The van der Waals surface area contributed by atoms with Crippen molar-refractivity contribution in [3.05, 3.63) is 11.8 Å². The summed E-state index contributed by atoms with van der Waals surface area (Å²) in [5.41, 5.74) is 7.11. The molecular weight excluding hydrogens is 148 g/mol. The first-order chi connectivity index (χ1) is 5.49. The third-order valence-electron chi connectivity index (χ3n) is 2.44. The molecule has 2 atom stereocenters. The fourth-order valence-corrected chi connectivity index (χ4v) is 0.888. The van der Waals surface area contributed by atoms with Crippen LogP contribution in [0.4, 0.5) is 0 Å².